The molecule has 27 nitrogen and oxygen atoms in total. The van der Waals surface area contributed by atoms with Crippen molar-refractivity contribution in [2.45, 2.75) is 68.7 Å². The number of unbranched alkanes of at least 4 members (excludes halogenated alkanes) is 1. The molecule has 29 heteroatoms. The van der Waals surface area contributed by atoms with Crippen LogP contribution in [0.15, 0.2) is 47.5 Å². The molecule has 0 bridgehead atoms. The summed E-state index contributed by atoms with van der Waals surface area (Å²) in [6.07, 6.45) is 4.77. The lowest BCUT2D eigenvalue weighted by molar-refractivity contribution is -0.141. The lowest BCUT2D eigenvalue weighted by Gasteiger charge is -2.34. The number of carboxylic acid groups (broad SMARTS) is 4. The van der Waals surface area contributed by atoms with E-state index >= 15 is 0 Å². The van der Waals surface area contributed by atoms with Crippen LogP contribution in [0.1, 0.15) is 71.2 Å². The molecule has 0 spiro atoms. The van der Waals surface area contributed by atoms with Crippen LogP contribution in [0.3, 0.4) is 0 Å². The number of isothiocyanates is 1. The Morgan fingerprint density at radius 3 is 1.79 bits per heavy atom. The minimum atomic E-state index is -1.08. The van der Waals surface area contributed by atoms with Gasteiger partial charge in [0.2, 0.25) is 11.8 Å². The number of aliphatic imine (C=N–C) groups is 1. The van der Waals surface area contributed by atoms with Crippen LogP contribution in [0.4, 0.5) is 16.2 Å². The van der Waals surface area contributed by atoms with Gasteiger partial charge in [-0.25, -0.2) is 4.79 Å². The minimum Gasteiger partial charge on any atom is -0.480 e. The van der Waals surface area contributed by atoms with Gasteiger partial charge in [-0.2, -0.15) is 16.8 Å². The van der Waals surface area contributed by atoms with E-state index in [9.17, 15) is 63.6 Å². The SMILES string of the molecule is CN(CC(=O)NCCCOCCOCCOCCCNC(=O)c1cc(N=C=S)cc(C(=O)Nc2ccc(CC3CN(CC(=O)O)CCN(CC(=O)O)CCCN(CC(=O)O)CCN(CC(=O)O)C3)cc2)c1)C(=O)CCCCC1SCC2NC(=O)NC21. The zero-order valence-electron chi connectivity index (χ0n) is 48.8. The zero-order chi connectivity index (χ0) is 62.2. The van der Waals surface area contributed by atoms with E-state index in [1.165, 1.54) is 23.1 Å². The molecule has 2 aromatic rings. The molecule has 2 aromatic carbocycles. The van der Waals surface area contributed by atoms with Gasteiger partial charge in [0.15, 0.2) is 0 Å². The molecule has 3 unspecified atom stereocenters. The van der Waals surface area contributed by atoms with Gasteiger partial charge in [0.05, 0.1) is 82.1 Å². The number of aliphatic carboxylic acids is 4. The second-order valence-corrected chi connectivity index (χ2v) is 22.9. The molecular formula is C57H83N11O16S2. The molecule has 3 heterocycles. The van der Waals surface area contributed by atoms with Gasteiger partial charge in [0.1, 0.15) is 0 Å². The Bertz CT molecular complexity index is 2570. The third-order valence-electron chi connectivity index (χ3n) is 14.4. The van der Waals surface area contributed by atoms with Crippen LogP contribution >= 0.6 is 24.0 Å². The van der Waals surface area contributed by atoms with Crippen LogP contribution in [-0.2, 0) is 49.4 Å². The van der Waals surface area contributed by atoms with E-state index < -0.39 is 35.7 Å². The number of carboxylic acids is 4. The Morgan fingerprint density at radius 2 is 1.22 bits per heavy atom. The number of fused-ring (bicyclic) bond motifs is 1. The lowest BCUT2D eigenvalue weighted by Crippen LogP contribution is -2.47. The molecule has 0 aromatic heterocycles. The predicted octanol–water partition coefficient (Wildman–Crippen LogP) is 1.64. The number of amides is 6. The van der Waals surface area contributed by atoms with Gasteiger partial charge >= 0.3 is 29.9 Å². The summed E-state index contributed by atoms with van der Waals surface area (Å²) >= 11 is 6.66. The number of thiocarbonyl (C=S) groups is 1. The molecule has 5 rings (SSSR count). The number of carbonyl (C=O) groups excluding carboxylic acids is 5. The van der Waals surface area contributed by atoms with E-state index in [2.05, 4.69) is 36.7 Å². The van der Waals surface area contributed by atoms with E-state index in [0.29, 0.717) is 102 Å². The van der Waals surface area contributed by atoms with Crippen molar-refractivity contribution < 1.29 is 77.8 Å². The molecule has 3 aliphatic heterocycles. The molecule has 3 atom stereocenters. The molecule has 0 radical (unpaired) electrons. The van der Waals surface area contributed by atoms with Crippen LogP contribution in [0.2, 0.25) is 0 Å². The second-order valence-electron chi connectivity index (χ2n) is 21.4. The monoisotopic (exact) mass is 1240 g/mol. The molecule has 86 heavy (non-hydrogen) atoms. The number of carbonyl (C=O) groups is 9. The van der Waals surface area contributed by atoms with Crippen LogP contribution in [0.25, 0.3) is 0 Å². The number of hydrogen-bond acceptors (Lipinski definition) is 19. The number of thioether (sulfide) groups is 1. The van der Waals surface area contributed by atoms with E-state index in [4.69, 9.17) is 26.4 Å². The summed E-state index contributed by atoms with van der Waals surface area (Å²) in [6, 6.07) is 11.5. The molecule has 6 amide bonds. The van der Waals surface area contributed by atoms with E-state index in [1.54, 1.807) is 50.9 Å². The number of ether oxygens (including phenoxy) is 3. The number of nitrogens with one attached hydrogen (secondary N) is 5. The van der Waals surface area contributed by atoms with Crippen molar-refractivity contribution in [3.63, 3.8) is 0 Å². The summed E-state index contributed by atoms with van der Waals surface area (Å²) in [4.78, 5) is 123. The number of rotatable bonds is 35. The van der Waals surface area contributed by atoms with Crippen LogP contribution in [-0.4, -0.2) is 272 Å². The van der Waals surface area contributed by atoms with Gasteiger partial charge in [-0.05, 0) is 92.6 Å². The Kier molecular flexibility index (Phi) is 31.4. The first-order valence-electron chi connectivity index (χ1n) is 28.9. The predicted molar refractivity (Wildman–Crippen MR) is 322 cm³/mol. The van der Waals surface area contributed by atoms with Crippen molar-refractivity contribution in [3.8, 4) is 0 Å². The number of benzene rings is 2. The molecule has 474 valence electrons. The molecule has 3 aliphatic rings. The van der Waals surface area contributed by atoms with E-state index in [1.807, 2.05) is 11.8 Å². The highest BCUT2D eigenvalue weighted by Crippen LogP contribution is 2.33. The maximum atomic E-state index is 13.6. The van der Waals surface area contributed by atoms with E-state index in [0.717, 1.165) is 30.6 Å². The third-order valence-corrected chi connectivity index (χ3v) is 16.0. The number of urea groups is 1. The summed E-state index contributed by atoms with van der Waals surface area (Å²) in [6.45, 7) is 3.49. The summed E-state index contributed by atoms with van der Waals surface area (Å²) in [5, 5.41) is 55.9. The Labute approximate surface area is 510 Å². The first-order chi connectivity index (χ1) is 41.3. The summed E-state index contributed by atoms with van der Waals surface area (Å²) < 4.78 is 16.8. The topological polar surface area (TPSA) is 351 Å². The normalized spacial score (nSPS) is 18.3. The highest BCUT2D eigenvalue weighted by atomic mass is 32.2. The minimum absolute atomic E-state index is 0.0181. The zero-order valence-corrected chi connectivity index (χ0v) is 50.4. The fraction of sp³-hybridized carbons (Fsp3) is 0.614. The Hall–Kier alpha value is -6.66. The number of likely N-dealkylation sites (N-methyl/N-ethyl adjacent to an activating group) is 1. The Balaban J connectivity index is 0.986. The molecule has 0 saturated carbocycles. The van der Waals surface area contributed by atoms with Gasteiger partial charge < -0.3 is 66.1 Å². The van der Waals surface area contributed by atoms with Gasteiger partial charge in [-0.3, -0.25) is 58.0 Å². The maximum Gasteiger partial charge on any atom is 0.317 e. The smallest absolute Gasteiger partial charge is 0.317 e. The fourth-order valence-electron chi connectivity index (χ4n) is 10.3. The van der Waals surface area contributed by atoms with Crippen molar-refractivity contribution in [3.05, 3.63) is 59.2 Å². The van der Waals surface area contributed by atoms with Gasteiger partial charge in [0, 0.05) is 120 Å². The molecule has 3 saturated heterocycles. The molecule has 3 fully saturated rings. The third kappa shape index (κ3) is 27.4. The maximum absolute atomic E-state index is 13.6. The second kappa shape index (κ2) is 38.5. The largest absolute Gasteiger partial charge is 0.480 e. The average molecular weight is 1240 g/mol. The van der Waals surface area contributed by atoms with Crippen molar-refractivity contribution in [2.75, 3.05) is 156 Å². The highest BCUT2D eigenvalue weighted by Gasteiger charge is 2.42. The number of anilines is 1. The van der Waals surface area contributed by atoms with Crippen LogP contribution < -0.4 is 26.6 Å². The first-order valence-corrected chi connectivity index (χ1v) is 30.4. The van der Waals surface area contributed by atoms with Crippen LogP contribution in [0.5, 0.6) is 0 Å². The molecule has 9 N–H and O–H groups in total. The standard InChI is InChI=1S/C57H83N11O16S2/c1-64(49(70)8-3-2-7-47-54-46(38-86-47)62-57(81)63-54)33-48(69)58-13-4-21-82-23-25-84-26-24-83-22-5-14-59-55(79)42-28-43(30-45(29-42)60-39-85)56(80)61-44-11-9-40(10-12-44)27-41-31-67(36-52(75)76)19-17-65(34-50(71)72)15-6-16-66(35-51(73)74)18-20-68(32-41)37-53(77)78/h9-12,28-30,41,46-47,54H,2-8,13-27,31-38H2,1H3,(H,58,69)(H,59,79)(H,61,80)(H,71,72)(H,73,74)(H,75,76)(H,77,78)(H2,62,63,81). The highest BCUT2D eigenvalue weighted by molar-refractivity contribution is 8.00. The Morgan fingerprint density at radius 1 is 0.686 bits per heavy atom. The van der Waals surface area contributed by atoms with Gasteiger partial charge in [-0.15, -0.1) is 0 Å². The van der Waals surface area contributed by atoms with Crippen LogP contribution in [0, 0.1) is 5.92 Å². The average Bonchev–Trinajstić information content (AvgIpc) is 2.02. The van der Waals surface area contributed by atoms with Gasteiger partial charge in [-0.1, -0.05) is 18.6 Å². The van der Waals surface area contributed by atoms with Crippen molar-refractivity contribution in [1.82, 2.24) is 45.8 Å². The summed E-state index contributed by atoms with van der Waals surface area (Å²) in [5.74, 6) is -5.04. The van der Waals surface area contributed by atoms with Crippen molar-refractivity contribution in [2.24, 2.45) is 10.9 Å². The van der Waals surface area contributed by atoms with E-state index in [-0.39, 0.29) is 131 Å². The summed E-state index contributed by atoms with van der Waals surface area (Å²) in [7, 11) is 1.62. The van der Waals surface area contributed by atoms with Gasteiger partial charge in [0.25, 0.3) is 11.8 Å². The number of hydrogen-bond donors (Lipinski definition) is 9. The quantitative estimate of drug-likeness (QED) is 0.0205. The fourth-order valence-corrected chi connectivity index (χ4v) is 11.9. The lowest BCUT2D eigenvalue weighted by atomic mass is 9.97. The van der Waals surface area contributed by atoms with Crippen molar-refractivity contribution >= 4 is 94.1 Å². The van der Waals surface area contributed by atoms with Crippen molar-refractivity contribution in [1.29, 1.82) is 0 Å². The first kappa shape index (κ1) is 70.1. The summed E-state index contributed by atoms with van der Waals surface area (Å²) in [5.41, 5.74) is 1.72. The molecule has 0 aliphatic carbocycles. The molecular weight excluding hydrogens is 1160 g/mol. The number of nitrogens with zero attached hydrogens (tertiary/aromatic N) is 6.